The first-order chi connectivity index (χ1) is 11.7. The summed E-state index contributed by atoms with van der Waals surface area (Å²) in [6.45, 7) is 2.60. The van der Waals surface area contributed by atoms with E-state index in [1.54, 1.807) is 0 Å². The van der Waals surface area contributed by atoms with Crippen molar-refractivity contribution in [3.8, 4) is 0 Å². The summed E-state index contributed by atoms with van der Waals surface area (Å²) >= 11 is 6.36. The van der Waals surface area contributed by atoms with Crippen molar-refractivity contribution < 1.29 is 4.79 Å². The third-order valence-corrected chi connectivity index (χ3v) is 4.72. The smallest absolute Gasteiger partial charge is 0.168 e. The molecule has 0 N–H and O–H groups in total. The largest absolute Gasteiger partial charge is 0.334 e. The lowest BCUT2D eigenvalue weighted by Gasteiger charge is -2.10. The molecule has 4 rings (SSSR count). The Morgan fingerprint density at radius 2 is 1.83 bits per heavy atom. The standard InChI is InChI=1S/C20H15ClN2O/c1-13-20-17(10-15(12-24)22-13)16-7-3-5-9-19(16)23(20)11-14-6-2-4-8-18(14)21/h2-10,12H,11H2,1H3. The minimum absolute atomic E-state index is 0.459. The number of carbonyl (C=O) groups excluding carboxylic acids is 1. The Bertz CT molecular complexity index is 1080. The molecule has 0 aliphatic rings. The van der Waals surface area contributed by atoms with E-state index in [0.29, 0.717) is 12.2 Å². The molecule has 0 radical (unpaired) electrons. The van der Waals surface area contributed by atoms with Crippen molar-refractivity contribution >= 4 is 39.7 Å². The monoisotopic (exact) mass is 334 g/mol. The molecule has 0 unspecified atom stereocenters. The van der Waals surface area contributed by atoms with Crippen molar-refractivity contribution in [2.45, 2.75) is 13.5 Å². The lowest BCUT2D eigenvalue weighted by Crippen LogP contribution is -2.02. The number of halogens is 1. The fourth-order valence-electron chi connectivity index (χ4n) is 3.31. The number of pyridine rings is 1. The maximum atomic E-state index is 11.2. The maximum Gasteiger partial charge on any atom is 0.168 e. The lowest BCUT2D eigenvalue weighted by atomic mass is 10.1. The van der Waals surface area contributed by atoms with Gasteiger partial charge >= 0.3 is 0 Å². The van der Waals surface area contributed by atoms with Crippen LogP contribution in [0.1, 0.15) is 21.7 Å². The Hall–Kier alpha value is -2.65. The van der Waals surface area contributed by atoms with E-state index in [4.69, 9.17) is 11.6 Å². The van der Waals surface area contributed by atoms with E-state index >= 15 is 0 Å². The maximum absolute atomic E-state index is 11.2. The molecule has 0 saturated carbocycles. The summed E-state index contributed by atoms with van der Waals surface area (Å²) in [4.78, 5) is 15.6. The molecule has 2 aromatic heterocycles. The van der Waals surface area contributed by atoms with Gasteiger partial charge in [-0.05, 0) is 30.7 Å². The van der Waals surface area contributed by atoms with E-state index in [-0.39, 0.29) is 0 Å². The normalized spacial score (nSPS) is 11.2. The molecule has 0 bridgehead atoms. The third kappa shape index (κ3) is 2.29. The van der Waals surface area contributed by atoms with Crippen LogP contribution < -0.4 is 0 Å². The second kappa shape index (κ2) is 5.77. The summed E-state index contributed by atoms with van der Waals surface area (Å²) in [6, 6.07) is 17.9. The highest BCUT2D eigenvalue weighted by atomic mass is 35.5. The molecule has 2 heterocycles. The van der Waals surface area contributed by atoms with Crippen LogP contribution in [0.25, 0.3) is 21.8 Å². The first-order valence-corrected chi connectivity index (χ1v) is 8.14. The SMILES string of the molecule is Cc1nc(C=O)cc2c3ccccc3n(Cc3ccccc3Cl)c12. The van der Waals surface area contributed by atoms with Crippen molar-refractivity contribution in [1.82, 2.24) is 9.55 Å². The van der Waals surface area contributed by atoms with Gasteiger partial charge in [0.1, 0.15) is 5.69 Å². The zero-order valence-electron chi connectivity index (χ0n) is 13.2. The second-order valence-electron chi connectivity index (χ2n) is 5.84. The molecule has 118 valence electrons. The summed E-state index contributed by atoms with van der Waals surface area (Å²) in [5.41, 5.74) is 4.52. The van der Waals surface area contributed by atoms with E-state index in [2.05, 4.69) is 21.7 Å². The van der Waals surface area contributed by atoms with Crippen LogP contribution in [0.15, 0.2) is 54.6 Å². The van der Waals surface area contributed by atoms with Gasteiger partial charge in [0.2, 0.25) is 0 Å². The van der Waals surface area contributed by atoms with Gasteiger partial charge in [0.05, 0.1) is 11.2 Å². The van der Waals surface area contributed by atoms with Gasteiger partial charge in [-0.1, -0.05) is 48.0 Å². The van der Waals surface area contributed by atoms with Gasteiger partial charge in [-0.3, -0.25) is 4.79 Å². The molecule has 0 amide bonds. The number of carbonyl (C=O) groups is 1. The summed E-state index contributed by atoms with van der Waals surface area (Å²) in [5, 5.41) is 2.92. The van der Waals surface area contributed by atoms with Crippen molar-refractivity contribution in [1.29, 1.82) is 0 Å². The van der Waals surface area contributed by atoms with Crippen LogP contribution in [0.2, 0.25) is 5.02 Å². The number of hydrogen-bond acceptors (Lipinski definition) is 2. The van der Waals surface area contributed by atoms with Crippen LogP contribution in [-0.4, -0.2) is 15.8 Å². The predicted molar refractivity (Wildman–Crippen MR) is 97.9 cm³/mol. The number of aryl methyl sites for hydroxylation is 1. The van der Waals surface area contributed by atoms with Crippen molar-refractivity contribution in [2.24, 2.45) is 0 Å². The molecule has 24 heavy (non-hydrogen) atoms. The van der Waals surface area contributed by atoms with Crippen LogP contribution >= 0.6 is 11.6 Å². The Morgan fingerprint density at radius 1 is 1.08 bits per heavy atom. The summed E-state index contributed by atoms with van der Waals surface area (Å²) in [7, 11) is 0. The molecule has 0 spiro atoms. The van der Waals surface area contributed by atoms with E-state index in [1.165, 1.54) is 0 Å². The van der Waals surface area contributed by atoms with Gasteiger partial charge in [-0.15, -0.1) is 0 Å². The molecule has 2 aromatic carbocycles. The Kier molecular flexibility index (Phi) is 3.58. The van der Waals surface area contributed by atoms with Gasteiger partial charge in [0, 0.05) is 27.9 Å². The van der Waals surface area contributed by atoms with Gasteiger partial charge in [-0.25, -0.2) is 4.98 Å². The summed E-state index contributed by atoms with van der Waals surface area (Å²) in [5.74, 6) is 0. The average Bonchev–Trinajstić information content (AvgIpc) is 2.91. The van der Waals surface area contributed by atoms with Crippen molar-refractivity contribution in [3.63, 3.8) is 0 Å². The highest BCUT2D eigenvalue weighted by Gasteiger charge is 2.15. The molecular formula is C20H15ClN2O. The van der Waals surface area contributed by atoms with Crippen LogP contribution in [0, 0.1) is 6.92 Å². The minimum atomic E-state index is 0.459. The van der Waals surface area contributed by atoms with E-state index in [9.17, 15) is 4.79 Å². The van der Waals surface area contributed by atoms with Crippen LogP contribution in [0.4, 0.5) is 0 Å². The molecule has 4 aromatic rings. The molecule has 0 saturated heterocycles. The third-order valence-electron chi connectivity index (χ3n) is 4.35. The quantitative estimate of drug-likeness (QED) is 0.493. The van der Waals surface area contributed by atoms with Crippen LogP contribution in [0.3, 0.4) is 0 Å². The van der Waals surface area contributed by atoms with E-state index in [1.807, 2.05) is 49.4 Å². The van der Waals surface area contributed by atoms with Gasteiger partial charge < -0.3 is 4.57 Å². The Labute approximate surface area is 144 Å². The number of aromatic nitrogens is 2. The fraction of sp³-hybridized carbons (Fsp3) is 0.100. The van der Waals surface area contributed by atoms with Gasteiger partial charge in [-0.2, -0.15) is 0 Å². The second-order valence-corrected chi connectivity index (χ2v) is 6.25. The number of para-hydroxylation sites is 1. The number of benzene rings is 2. The summed E-state index contributed by atoms with van der Waals surface area (Å²) < 4.78 is 2.22. The zero-order valence-corrected chi connectivity index (χ0v) is 13.9. The molecular weight excluding hydrogens is 320 g/mol. The minimum Gasteiger partial charge on any atom is -0.334 e. The molecule has 0 atom stereocenters. The fourth-order valence-corrected chi connectivity index (χ4v) is 3.51. The first kappa shape index (κ1) is 14.9. The number of fused-ring (bicyclic) bond motifs is 3. The highest BCUT2D eigenvalue weighted by Crippen LogP contribution is 2.32. The highest BCUT2D eigenvalue weighted by molar-refractivity contribution is 6.31. The molecule has 0 aliphatic carbocycles. The number of nitrogens with zero attached hydrogens (tertiary/aromatic N) is 2. The average molecular weight is 335 g/mol. The molecule has 0 aliphatic heterocycles. The number of aldehydes is 1. The lowest BCUT2D eigenvalue weighted by molar-refractivity contribution is 0.111. The van der Waals surface area contributed by atoms with Crippen LogP contribution in [-0.2, 0) is 6.54 Å². The first-order valence-electron chi connectivity index (χ1n) is 7.76. The molecule has 0 fully saturated rings. The van der Waals surface area contributed by atoms with E-state index in [0.717, 1.165) is 44.4 Å². The van der Waals surface area contributed by atoms with Gasteiger partial charge in [0.15, 0.2) is 6.29 Å². The van der Waals surface area contributed by atoms with Gasteiger partial charge in [0.25, 0.3) is 0 Å². The van der Waals surface area contributed by atoms with Crippen molar-refractivity contribution in [2.75, 3.05) is 0 Å². The predicted octanol–water partition coefficient (Wildman–Crippen LogP) is 5.01. The molecule has 4 heteroatoms. The Morgan fingerprint density at radius 3 is 2.62 bits per heavy atom. The zero-order chi connectivity index (χ0) is 16.7. The summed E-state index contributed by atoms with van der Waals surface area (Å²) in [6.07, 6.45) is 0.798. The number of rotatable bonds is 3. The topological polar surface area (TPSA) is 34.9 Å². The Balaban J connectivity index is 2.06. The van der Waals surface area contributed by atoms with E-state index < -0.39 is 0 Å². The van der Waals surface area contributed by atoms with Crippen molar-refractivity contribution in [3.05, 3.63) is 76.6 Å². The number of hydrogen-bond donors (Lipinski definition) is 0. The van der Waals surface area contributed by atoms with Crippen LogP contribution in [0.5, 0.6) is 0 Å². The molecule has 3 nitrogen and oxygen atoms in total.